The zero-order chi connectivity index (χ0) is 11.4. The van der Waals surface area contributed by atoms with Gasteiger partial charge in [0, 0.05) is 6.54 Å². The van der Waals surface area contributed by atoms with E-state index in [9.17, 15) is 4.79 Å². The van der Waals surface area contributed by atoms with Crippen molar-refractivity contribution in [1.29, 1.82) is 0 Å². The molecule has 1 aliphatic heterocycles. The van der Waals surface area contributed by atoms with Crippen molar-refractivity contribution in [3.8, 4) is 17.6 Å². The van der Waals surface area contributed by atoms with Gasteiger partial charge < -0.3 is 10.1 Å². The van der Waals surface area contributed by atoms with Crippen LogP contribution in [-0.2, 0) is 0 Å². The third-order valence-electron chi connectivity index (χ3n) is 2.41. The molecule has 0 radical (unpaired) electrons. The minimum absolute atomic E-state index is 0.00917. The van der Waals surface area contributed by atoms with E-state index in [0.717, 1.165) is 12.2 Å². The van der Waals surface area contributed by atoms with Gasteiger partial charge in [-0.3, -0.25) is 4.79 Å². The summed E-state index contributed by atoms with van der Waals surface area (Å²) in [6.45, 7) is 3.10. The second-order valence-electron chi connectivity index (χ2n) is 3.48. The van der Waals surface area contributed by atoms with E-state index in [1.54, 1.807) is 13.0 Å². The Kier molecular flexibility index (Phi) is 3.11. The Bertz CT molecular complexity index is 469. The molecule has 0 fully saturated rings. The number of nitrogens with one attached hydrogen (secondary N) is 1. The number of ether oxygens (including phenoxy) is 1. The highest BCUT2D eigenvalue weighted by atomic mass is 16.5. The van der Waals surface area contributed by atoms with Gasteiger partial charge in [-0.15, -0.1) is 5.92 Å². The maximum absolute atomic E-state index is 11.9. The zero-order valence-corrected chi connectivity index (χ0v) is 9.17. The Morgan fingerprint density at radius 1 is 1.56 bits per heavy atom. The van der Waals surface area contributed by atoms with Crippen molar-refractivity contribution in [2.45, 2.75) is 13.3 Å². The molecule has 0 amide bonds. The van der Waals surface area contributed by atoms with Crippen LogP contribution in [0.5, 0.6) is 5.75 Å². The number of hydrogen-bond donors (Lipinski definition) is 1. The first-order chi connectivity index (χ1) is 7.83. The topological polar surface area (TPSA) is 38.3 Å². The van der Waals surface area contributed by atoms with Crippen LogP contribution in [0.4, 0.5) is 5.69 Å². The molecule has 0 saturated heterocycles. The summed E-state index contributed by atoms with van der Waals surface area (Å²) >= 11 is 0. The second kappa shape index (κ2) is 4.71. The number of anilines is 1. The van der Waals surface area contributed by atoms with Gasteiger partial charge in [0.25, 0.3) is 0 Å². The highest BCUT2D eigenvalue weighted by Crippen LogP contribution is 2.31. The molecule has 1 aromatic carbocycles. The minimum Gasteiger partial charge on any atom is -0.489 e. The summed E-state index contributed by atoms with van der Waals surface area (Å²) in [5.41, 5.74) is 1.51. The van der Waals surface area contributed by atoms with Gasteiger partial charge in [0.1, 0.15) is 6.61 Å². The lowest BCUT2D eigenvalue weighted by atomic mass is 10.1. The van der Waals surface area contributed by atoms with Gasteiger partial charge in [-0.25, -0.2) is 0 Å². The highest BCUT2D eigenvalue weighted by molar-refractivity contribution is 6.01. The van der Waals surface area contributed by atoms with Crippen molar-refractivity contribution in [2.24, 2.45) is 0 Å². The Balaban J connectivity index is 2.32. The van der Waals surface area contributed by atoms with Crippen molar-refractivity contribution in [2.75, 3.05) is 18.5 Å². The fourth-order valence-electron chi connectivity index (χ4n) is 1.65. The molecule has 0 bridgehead atoms. The number of carbonyl (C=O) groups is 1. The summed E-state index contributed by atoms with van der Waals surface area (Å²) in [4.78, 5) is 11.9. The summed E-state index contributed by atoms with van der Waals surface area (Å²) < 4.78 is 5.52. The molecule has 3 heteroatoms. The van der Waals surface area contributed by atoms with Crippen LogP contribution >= 0.6 is 0 Å². The molecule has 1 N–H and O–H groups in total. The molecule has 3 nitrogen and oxygen atoms in total. The molecule has 0 spiro atoms. The Hall–Kier alpha value is -1.95. The van der Waals surface area contributed by atoms with Crippen LogP contribution in [0, 0.1) is 11.8 Å². The van der Waals surface area contributed by atoms with Gasteiger partial charge >= 0.3 is 0 Å². The fraction of sp³-hybridized carbons (Fsp3) is 0.308. The number of carbonyl (C=O) groups excluding carboxylic acids is 1. The van der Waals surface area contributed by atoms with E-state index in [4.69, 9.17) is 4.74 Å². The molecule has 0 unspecified atom stereocenters. The average Bonchev–Trinajstić information content (AvgIpc) is 2.35. The van der Waals surface area contributed by atoms with E-state index in [0.29, 0.717) is 17.9 Å². The Morgan fingerprint density at radius 2 is 2.44 bits per heavy atom. The van der Waals surface area contributed by atoms with Gasteiger partial charge in [-0.1, -0.05) is 12.0 Å². The van der Waals surface area contributed by atoms with E-state index in [1.165, 1.54) is 0 Å². The maximum Gasteiger partial charge on any atom is 0.178 e. The van der Waals surface area contributed by atoms with Crippen molar-refractivity contribution in [3.05, 3.63) is 23.8 Å². The number of ketones is 1. The second-order valence-corrected chi connectivity index (χ2v) is 3.48. The molecular formula is C13H13NO2. The quantitative estimate of drug-likeness (QED) is 0.606. The van der Waals surface area contributed by atoms with Gasteiger partial charge in [0.15, 0.2) is 11.5 Å². The third-order valence-corrected chi connectivity index (χ3v) is 2.41. The van der Waals surface area contributed by atoms with Gasteiger partial charge in [-0.2, -0.15) is 0 Å². The molecule has 16 heavy (non-hydrogen) atoms. The van der Waals surface area contributed by atoms with Gasteiger partial charge in [-0.05, 0) is 19.1 Å². The molecule has 0 aliphatic carbocycles. The molecule has 82 valence electrons. The van der Waals surface area contributed by atoms with Crippen LogP contribution in [0.25, 0.3) is 0 Å². The van der Waals surface area contributed by atoms with Gasteiger partial charge in [0.05, 0.1) is 17.7 Å². The number of benzene rings is 1. The minimum atomic E-state index is 0.00917. The molecule has 0 aromatic heterocycles. The number of fused-ring (bicyclic) bond motifs is 1. The van der Waals surface area contributed by atoms with Crippen LogP contribution in [0.15, 0.2) is 18.2 Å². The first-order valence-corrected chi connectivity index (χ1v) is 5.25. The summed E-state index contributed by atoms with van der Waals surface area (Å²) in [6.07, 6.45) is 0.246. The standard InChI is InChI=1S/C13H13NO2/c1-2-3-7-12(15)10-5-4-6-11-13(10)16-9-8-14-11/h4-6,14H,7-9H2,1H3. The lowest BCUT2D eigenvalue weighted by molar-refractivity contribution is 0.0994. The largest absolute Gasteiger partial charge is 0.489 e. The number of Topliss-reactive ketones (excluding diaryl/α,β-unsaturated/α-hetero) is 1. The van der Waals surface area contributed by atoms with E-state index < -0.39 is 0 Å². The van der Waals surface area contributed by atoms with Crippen LogP contribution < -0.4 is 10.1 Å². The lowest BCUT2D eigenvalue weighted by Gasteiger charge is -2.20. The molecule has 1 heterocycles. The van der Waals surface area contributed by atoms with Gasteiger partial charge in [0.2, 0.25) is 0 Å². The molecule has 2 rings (SSSR count). The number of para-hydroxylation sites is 1. The Labute approximate surface area is 94.8 Å². The highest BCUT2D eigenvalue weighted by Gasteiger charge is 2.17. The van der Waals surface area contributed by atoms with Crippen molar-refractivity contribution in [3.63, 3.8) is 0 Å². The van der Waals surface area contributed by atoms with Crippen LogP contribution in [-0.4, -0.2) is 18.9 Å². The SMILES string of the molecule is CC#CCC(=O)c1cccc2c1OCCN2. The third kappa shape index (κ3) is 2.01. The zero-order valence-electron chi connectivity index (χ0n) is 9.17. The summed E-state index contributed by atoms with van der Waals surface area (Å²) in [6, 6.07) is 5.55. The first kappa shape index (κ1) is 10.6. The first-order valence-electron chi connectivity index (χ1n) is 5.25. The normalized spacial score (nSPS) is 12.6. The molecule has 1 aromatic rings. The van der Waals surface area contributed by atoms with Crippen molar-refractivity contribution >= 4 is 11.5 Å². The molecule has 0 atom stereocenters. The number of hydrogen-bond acceptors (Lipinski definition) is 3. The molecule has 1 aliphatic rings. The van der Waals surface area contributed by atoms with Crippen molar-refractivity contribution in [1.82, 2.24) is 0 Å². The molecular weight excluding hydrogens is 202 g/mol. The number of rotatable bonds is 2. The van der Waals surface area contributed by atoms with Crippen LogP contribution in [0.1, 0.15) is 23.7 Å². The predicted octanol–water partition coefficient (Wildman–Crippen LogP) is 2.09. The smallest absolute Gasteiger partial charge is 0.178 e. The van der Waals surface area contributed by atoms with E-state index >= 15 is 0 Å². The van der Waals surface area contributed by atoms with Crippen LogP contribution in [0.2, 0.25) is 0 Å². The predicted molar refractivity (Wildman–Crippen MR) is 62.8 cm³/mol. The monoisotopic (exact) mass is 215 g/mol. The fourth-order valence-corrected chi connectivity index (χ4v) is 1.65. The Morgan fingerprint density at radius 3 is 3.25 bits per heavy atom. The summed E-state index contributed by atoms with van der Waals surface area (Å²) in [5, 5.41) is 3.20. The lowest BCUT2D eigenvalue weighted by Crippen LogP contribution is -2.20. The van der Waals surface area contributed by atoms with E-state index in [2.05, 4.69) is 17.2 Å². The van der Waals surface area contributed by atoms with Crippen molar-refractivity contribution < 1.29 is 9.53 Å². The maximum atomic E-state index is 11.9. The summed E-state index contributed by atoms with van der Waals surface area (Å²) in [5.74, 6) is 6.17. The molecule has 0 saturated carbocycles. The van der Waals surface area contributed by atoms with E-state index in [-0.39, 0.29) is 12.2 Å². The van der Waals surface area contributed by atoms with Crippen LogP contribution in [0.3, 0.4) is 0 Å². The average molecular weight is 215 g/mol. The van der Waals surface area contributed by atoms with E-state index in [1.807, 2.05) is 12.1 Å². The summed E-state index contributed by atoms with van der Waals surface area (Å²) in [7, 11) is 0.